The lowest BCUT2D eigenvalue weighted by Gasteiger charge is -2.46. The van der Waals surface area contributed by atoms with E-state index in [1.165, 1.54) is 11.1 Å². The quantitative estimate of drug-likeness (QED) is 0.211. The van der Waals surface area contributed by atoms with Crippen molar-refractivity contribution in [2.24, 2.45) is 22.1 Å². The van der Waals surface area contributed by atoms with Crippen molar-refractivity contribution in [3.8, 4) is 17.6 Å². The molecule has 1 spiro atoms. The molecule has 0 unspecified atom stereocenters. The maximum atomic E-state index is 13.4. The first-order valence-corrected chi connectivity index (χ1v) is 18.2. The van der Waals surface area contributed by atoms with Crippen LogP contribution in [0, 0.1) is 29.6 Å². The number of anilines is 1. The van der Waals surface area contributed by atoms with Gasteiger partial charge in [-0.25, -0.2) is 0 Å². The van der Waals surface area contributed by atoms with Crippen molar-refractivity contribution in [3.63, 3.8) is 0 Å². The van der Waals surface area contributed by atoms with Crippen LogP contribution in [0.2, 0.25) is 5.02 Å². The van der Waals surface area contributed by atoms with Crippen LogP contribution in [0.1, 0.15) is 54.1 Å². The van der Waals surface area contributed by atoms with Crippen LogP contribution >= 0.6 is 11.6 Å². The van der Waals surface area contributed by atoms with Crippen LogP contribution in [-0.4, -0.2) is 71.0 Å². The molecular formula is C37H44ClN2O6S-. The van der Waals surface area contributed by atoms with Crippen molar-refractivity contribution >= 4 is 33.8 Å². The topological polar surface area (TPSA) is 86.7 Å². The molecule has 2 aliphatic carbocycles. The summed E-state index contributed by atoms with van der Waals surface area (Å²) in [4.78, 5) is 15.9. The fraction of sp³-hybridized carbons (Fsp3) is 0.541. The van der Waals surface area contributed by atoms with E-state index in [1.807, 2.05) is 31.2 Å². The summed E-state index contributed by atoms with van der Waals surface area (Å²) in [7, 11) is 1.61. The second-order valence-corrected chi connectivity index (χ2v) is 14.9. The number of ether oxygens (including phenoxy) is 4. The molecule has 8 nitrogen and oxygen atoms in total. The molecule has 1 saturated carbocycles. The molecule has 0 aromatic heterocycles. The highest BCUT2D eigenvalue weighted by Gasteiger charge is 2.44. The molecule has 6 atom stereocenters. The minimum absolute atomic E-state index is 0.100. The van der Waals surface area contributed by atoms with E-state index < -0.39 is 16.5 Å². The van der Waals surface area contributed by atoms with Crippen LogP contribution in [0.4, 0.5) is 5.69 Å². The largest absolute Gasteiger partial charge is 0.490 e. The monoisotopic (exact) mass is 679 g/mol. The Morgan fingerprint density at radius 2 is 1.94 bits per heavy atom. The zero-order chi connectivity index (χ0) is 33.0. The van der Waals surface area contributed by atoms with Gasteiger partial charge in [0.2, 0.25) is 0 Å². The van der Waals surface area contributed by atoms with Crippen LogP contribution in [-0.2, 0) is 40.9 Å². The molecule has 2 aromatic rings. The fourth-order valence-electron chi connectivity index (χ4n) is 7.62. The third kappa shape index (κ3) is 7.58. The van der Waals surface area contributed by atoms with Crippen LogP contribution in [0.15, 0.2) is 52.9 Å². The molecule has 252 valence electrons. The van der Waals surface area contributed by atoms with Crippen LogP contribution < -0.4 is 9.64 Å². The van der Waals surface area contributed by atoms with Gasteiger partial charge in [-0.15, -0.1) is 0 Å². The van der Waals surface area contributed by atoms with Gasteiger partial charge in [0.15, 0.2) is 0 Å². The first-order valence-electron chi connectivity index (χ1n) is 16.5. The van der Waals surface area contributed by atoms with Crippen LogP contribution in [0.3, 0.4) is 0 Å². The minimum atomic E-state index is -1.75. The summed E-state index contributed by atoms with van der Waals surface area (Å²) in [5, 5.41) is 0.755. The Hall–Kier alpha value is -2.87. The fourth-order valence-corrected chi connectivity index (χ4v) is 8.82. The highest BCUT2D eigenvalue weighted by Crippen LogP contribution is 2.47. The second kappa shape index (κ2) is 15.1. The zero-order valence-corrected chi connectivity index (χ0v) is 29.0. The Bertz CT molecular complexity index is 1640. The van der Waals surface area contributed by atoms with Crippen molar-refractivity contribution in [1.82, 2.24) is 0 Å². The normalized spacial score (nSPS) is 30.0. The standard InChI is InChI=1S/C37H44ClN2O6S/c1-25-22-47(42)39-36(41)27-9-13-35-32(20-27)40(23-37(24-46-35)16-6-7-26-19-29(38)10-12-31(26)37)21-28-8-11-30(28)34(44-3)15-14-33(25)45-18-5-4-17-43-2/h9-10,12-15,19-20,25,28,30,33-34H,6-8,11,16-18,21-24H2,1-3H3/q-1/b15-14+/t25-,28+,30-,33+,34+,37+/m1/s1. The van der Waals surface area contributed by atoms with Gasteiger partial charge in [-0.2, -0.15) is 10.6 Å². The highest BCUT2D eigenvalue weighted by atomic mass is 35.5. The van der Waals surface area contributed by atoms with E-state index >= 15 is 0 Å². The zero-order valence-electron chi connectivity index (χ0n) is 27.4. The van der Waals surface area contributed by atoms with Crippen molar-refractivity contribution in [2.45, 2.75) is 56.7 Å². The first-order chi connectivity index (χ1) is 22.8. The summed E-state index contributed by atoms with van der Waals surface area (Å²) in [5.74, 6) is 6.81. The maximum absolute atomic E-state index is 13.4. The van der Waals surface area contributed by atoms with Gasteiger partial charge >= 0.3 is 0 Å². The van der Waals surface area contributed by atoms with Crippen LogP contribution in [0.5, 0.6) is 5.75 Å². The number of fused-ring (bicyclic) bond motifs is 4. The van der Waals surface area contributed by atoms with Crippen molar-refractivity contribution in [3.05, 3.63) is 70.3 Å². The second-order valence-electron chi connectivity index (χ2n) is 13.3. The average molecular weight is 680 g/mol. The predicted octanol–water partition coefficient (Wildman–Crippen LogP) is 6.38. The lowest BCUT2D eigenvalue weighted by atomic mass is 9.68. The Morgan fingerprint density at radius 1 is 1.11 bits per heavy atom. The van der Waals surface area contributed by atoms with Crippen molar-refractivity contribution in [1.29, 1.82) is 0 Å². The van der Waals surface area contributed by atoms with E-state index in [9.17, 15) is 9.00 Å². The van der Waals surface area contributed by atoms with E-state index in [1.54, 1.807) is 20.3 Å². The van der Waals surface area contributed by atoms with Crippen molar-refractivity contribution < 1.29 is 28.0 Å². The molecule has 2 bridgehead atoms. The third-order valence-electron chi connectivity index (χ3n) is 10.2. The molecule has 0 N–H and O–H groups in total. The first kappa shape index (κ1) is 34.0. The van der Waals surface area contributed by atoms with E-state index in [4.69, 9.17) is 30.5 Å². The number of amides is 1. The molecule has 6 rings (SSSR count). The predicted molar refractivity (Wildman–Crippen MR) is 185 cm³/mol. The number of aryl methyl sites for hydroxylation is 1. The summed E-state index contributed by atoms with van der Waals surface area (Å²) >= 11 is 6.44. The number of halogens is 1. The Morgan fingerprint density at radius 3 is 2.72 bits per heavy atom. The van der Waals surface area contributed by atoms with E-state index in [0.717, 1.165) is 61.7 Å². The molecule has 2 aliphatic heterocycles. The molecule has 10 heteroatoms. The minimum Gasteiger partial charge on any atom is -0.490 e. The van der Waals surface area contributed by atoms with E-state index in [2.05, 4.69) is 39.3 Å². The summed E-state index contributed by atoms with van der Waals surface area (Å²) in [6, 6.07) is 11.8. The number of methoxy groups -OCH3 is 2. The van der Waals surface area contributed by atoms with E-state index in [-0.39, 0.29) is 35.9 Å². The number of rotatable bonds is 4. The Kier molecular flexibility index (Phi) is 10.9. The van der Waals surface area contributed by atoms with E-state index in [0.29, 0.717) is 30.6 Å². The summed E-state index contributed by atoms with van der Waals surface area (Å²) in [6.45, 7) is 4.58. The summed E-state index contributed by atoms with van der Waals surface area (Å²) in [6.07, 6.45) is 8.82. The number of hydrogen-bond acceptors (Lipinski definition) is 8. The molecule has 47 heavy (non-hydrogen) atoms. The number of hydrogen-bond donors (Lipinski definition) is 0. The van der Waals surface area contributed by atoms with Gasteiger partial charge in [0.05, 0.1) is 24.5 Å². The van der Waals surface area contributed by atoms with Gasteiger partial charge < -0.3 is 32.4 Å². The molecule has 4 aliphatic rings. The smallest absolute Gasteiger partial charge is 0.254 e. The van der Waals surface area contributed by atoms with Gasteiger partial charge in [-0.05, 0) is 91.3 Å². The Labute approximate surface area is 285 Å². The van der Waals surface area contributed by atoms with Crippen molar-refractivity contribution in [2.75, 3.05) is 57.8 Å². The van der Waals surface area contributed by atoms with Gasteiger partial charge in [0.25, 0.3) is 5.91 Å². The van der Waals surface area contributed by atoms with Gasteiger partial charge in [-0.1, -0.05) is 54.3 Å². The number of benzene rings is 2. The Balaban J connectivity index is 1.37. The average Bonchev–Trinajstić information content (AvgIpc) is 3.19. The molecular weight excluding hydrogens is 636 g/mol. The molecule has 2 heterocycles. The van der Waals surface area contributed by atoms with Gasteiger partial charge in [-0.3, -0.25) is 4.79 Å². The maximum Gasteiger partial charge on any atom is 0.254 e. The lowest BCUT2D eigenvalue weighted by molar-refractivity contribution is 0.0116. The highest BCUT2D eigenvalue weighted by molar-refractivity contribution is 7.75. The number of nitrogens with zero attached hydrogens (tertiary/aromatic N) is 2. The summed E-state index contributed by atoms with van der Waals surface area (Å²) < 4.78 is 41.2. The molecule has 2 aromatic carbocycles. The number of carbonyl (C=O) groups excluding carboxylic acids is 1. The third-order valence-corrected chi connectivity index (χ3v) is 11.7. The van der Waals surface area contributed by atoms with Gasteiger partial charge in [0, 0.05) is 43.3 Å². The summed E-state index contributed by atoms with van der Waals surface area (Å²) in [5.41, 5.74) is 3.64. The number of carbonyl (C=O) groups is 1. The molecule has 0 radical (unpaired) electrons. The lowest BCUT2D eigenvalue weighted by Crippen LogP contribution is -2.49. The molecule has 1 amide bonds. The van der Waals surface area contributed by atoms with Crippen LogP contribution in [0.25, 0.3) is 0 Å². The molecule has 0 saturated heterocycles. The SMILES string of the molecule is COCC#CCO[C@H]1/C=C/[C@H](OC)[C@@H]2CC[C@H]2CN2C[C@@]3(CCCc4cc(Cl)ccc43)COc3ccc(cc32)C(=O)N=[S-](=O)C[C@H]1C. The van der Waals surface area contributed by atoms with Gasteiger partial charge in [0.1, 0.15) is 19.0 Å². The molecule has 1 fully saturated rings.